The van der Waals surface area contributed by atoms with E-state index in [0.717, 1.165) is 4.90 Å². The van der Waals surface area contributed by atoms with E-state index in [1.165, 1.54) is 31.9 Å². The summed E-state index contributed by atoms with van der Waals surface area (Å²) in [5.74, 6) is 0. The van der Waals surface area contributed by atoms with E-state index in [0.29, 0.717) is 16.5 Å². The summed E-state index contributed by atoms with van der Waals surface area (Å²) in [6.07, 6.45) is 6.39. The van der Waals surface area contributed by atoms with Crippen molar-refractivity contribution in [1.29, 1.82) is 10.5 Å². The predicted molar refractivity (Wildman–Crippen MR) is 61.8 cm³/mol. The average Bonchev–Trinajstić information content (AvgIpc) is 2.82. The van der Waals surface area contributed by atoms with Gasteiger partial charge in [-0.3, -0.25) is 0 Å². The Morgan fingerprint density at radius 2 is 2.00 bits per heavy atom. The molecule has 0 spiro atoms. The van der Waals surface area contributed by atoms with Crippen LogP contribution in [0.2, 0.25) is 0 Å². The minimum absolute atomic E-state index is 0.441. The number of hydrogen-bond acceptors (Lipinski definition) is 4. The maximum absolute atomic E-state index is 8.95. The lowest BCUT2D eigenvalue weighted by molar-refractivity contribution is 0.886. The molecule has 0 radical (unpaired) electrons. The number of hydrogen-bond donors (Lipinski definition) is 0. The number of nitrogens with zero attached hydrogens (tertiary/aromatic N) is 3. The van der Waals surface area contributed by atoms with E-state index in [1.54, 1.807) is 17.8 Å². The first-order chi connectivity index (χ1) is 7.83. The van der Waals surface area contributed by atoms with Crippen LogP contribution in [0.3, 0.4) is 0 Å². The first-order valence-corrected chi connectivity index (χ1v) is 6.18. The highest BCUT2D eigenvalue weighted by molar-refractivity contribution is 8.00. The number of aromatic nitrogens is 1. The lowest BCUT2D eigenvalue weighted by atomic mass is 10.3. The Labute approximate surface area is 99.1 Å². The highest BCUT2D eigenvalue weighted by Crippen LogP contribution is 2.35. The van der Waals surface area contributed by atoms with Gasteiger partial charge in [0, 0.05) is 16.3 Å². The van der Waals surface area contributed by atoms with Crippen LogP contribution in [0.5, 0.6) is 0 Å². The van der Waals surface area contributed by atoms with Gasteiger partial charge in [0.2, 0.25) is 0 Å². The first-order valence-electron chi connectivity index (χ1n) is 5.30. The second-order valence-electron chi connectivity index (χ2n) is 3.82. The van der Waals surface area contributed by atoms with E-state index in [-0.39, 0.29) is 0 Å². The molecule has 0 aliphatic heterocycles. The fourth-order valence-electron chi connectivity index (χ4n) is 1.87. The third-order valence-corrected chi connectivity index (χ3v) is 4.05. The summed E-state index contributed by atoms with van der Waals surface area (Å²) in [6, 6.07) is 5.91. The van der Waals surface area contributed by atoms with Crippen molar-refractivity contribution in [2.75, 3.05) is 0 Å². The molecule has 0 amide bonds. The Morgan fingerprint density at radius 1 is 1.25 bits per heavy atom. The van der Waals surface area contributed by atoms with Crippen molar-refractivity contribution in [3.63, 3.8) is 0 Å². The van der Waals surface area contributed by atoms with Crippen LogP contribution in [0.25, 0.3) is 0 Å². The van der Waals surface area contributed by atoms with Gasteiger partial charge >= 0.3 is 0 Å². The molecule has 0 atom stereocenters. The van der Waals surface area contributed by atoms with Crippen molar-refractivity contribution >= 4 is 11.8 Å². The van der Waals surface area contributed by atoms with Gasteiger partial charge in [0.25, 0.3) is 0 Å². The molecule has 1 aromatic rings. The molecule has 16 heavy (non-hydrogen) atoms. The summed E-state index contributed by atoms with van der Waals surface area (Å²) in [6.45, 7) is 0. The Morgan fingerprint density at radius 3 is 2.62 bits per heavy atom. The summed E-state index contributed by atoms with van der Waals surface area (Å²) in [7, 11) is 0. The molecule has 1 aromatic heterocycles. The Hall–Kier alpha value is -1.52. The average molecular weight is 229 g/mol. The highest BCUT2D eigenvalue weighted by atomic mass is 32.2. The van der Waals surface area contributed by atoms with Crippen LogP contribution in [0, 0.1) is 22.7 Å². The van der Waals surface area contributed by atoms with Gasteiger partial charge in [-0.25, -0.2) is 4.98 Å². The van der Waals surface area contributed by atoms with Crippen LogP contribution in [0.4, 0.5) is 0 Å². The van der Waals surface area contributed by atoms with Gasteiger partial charge in [0.1, 0.15) is 12.1 Å². The van der Waals surface area contributed by atoms with E-state index < -0.39 is 0 Å². The van der Waals surface area contributed by atoms with E-state index >= 15 is 0 Å². The van der Waals surface area contributed by atoms with Crippen molar-refractivity contribution in [2.24, 2.45) is 0 Å². The second-order valence-corrected chi connectivity index (χ2v) is 5.16. The van der Waals surface area contributed by atoms with Gasteiger partial charge in [-0.1, -0.05) is 12.8 Å². The van der Waals surface area contributed by atoms with Crippen molar-refractivity contribution in [3.05, 3.63) is 23.5 Å². The molecule has 4 heteroatoms. The fourth-order valence-corrected chi connectivity index (χ4v) is 3.20. The van der Waals surface area contributed by atoms with E-state index in [2.05, 4.69) is 17.1 Å². The van der Waals surface area contributed by atoms with Crippen molar-refractivity contribution in [1.82, 2.24) is 4.98 Å². The minimum Gasteiger partial charge on any atom is -0.243 e. The van der Waals surface area contributed by atoms with Gasteiger partial charge in [0.15, 0.2) is 5.69 Å². The Balaban J connectivity index is 2.23. The van der Waals surface area contributed by atoms with Crippen LogP contribution in [0.1, 0.15) is 36.9 Å². The summed E-state index contributed by atoms with van der Waals surface area (Å²) < 4.78 is 0. The van der Waals surface area contributed by atoms with Crippen molar-refractivity contribution in [2.45, 2.75) is 35.8 Å². The molecule has 3 nitrogen and oxygen atoms in total. The summed E-state index contributed by atoms with van der Waals surface area (Å²) in [5, 5.41) is 18.3. The molecular weight excluding hydrogens is 218 g/mol. The smallest absolute Gasteiger partial charge is 0.154 e. The molecule has 0 saturated heterocycles. The number of thioether (sulfide) groups is 1. The molecule has 2 rings (SSSR count). The Bertz CT molecular complexity index is 464. The van der Waals surface area contributed by atoms with Gasteiger partial charge < -0.3 is 0 Å². The van der Waals surface area contributed by atoms with Crippen LogP contribution in [-0.2, 0) is 0 Å². The van der Waals surface area contributed by atoms with E-state index in [1.807, 2.05) is 0 Å². The number of pyridine rings is 1. The number of rotatable bonds is 2. The maximum Gasteiger partial charge on any atom is 0.154 e. The monoisotopic (exact) mass is 229 g/mol. The number of nitriles is 2. The van der Waals surface area contributed by atoms with Crippen LogP contribution < -0.4 is 0 Å². The molecule has 1 saturated carbocycles. The maximum atomic E-state index is 8.95. The SMILES string of the molecule is N#Cc1cnc(C#N)c(SC2CCCC2)c1. The molecule has 1 aliphatic rings. The molecule has 0 aromatic carbocycles. The van der Waals surface area contributed by atoms with E-state index in [9.17, 15) is 0 Å². The van der Waals surface area contributed by atoms with Crippen LogP contribution in [0.15, 0.2) is 17.2 Å². The minimum atomic E-state index is 0.441. The quantitative estimate of drug-likeness (QED) is 0.782. The lowest BCUT2D eigenvalue weighted by Crippen LogP contribution is -1.97. The molecular formula is C12H11N3S. The second kappa shape index (κ2) is 5.01. The normalized spacial score (nSPS) is 15.6. The predicted octanol–water partition coefficient (Wildman–Crippen LogP) is 2.86. The summed E-state index contributed by atoms with van der Waals surface area (Å²) in [4.78, 5) is 4.86. The third kappa shape index (κ3) is 2.35. The summed E-state index contributed by atoms with van der Waals surface area (Å²) in [5.41, 5.74) is 0.968. The zero-order chi connectivity index (χ0) is 11.4. The van der Waals surface area contributed by atoms with Crippen molar-refractivity contribution in [3.8, 4) is 12.1 Å². The zero-order valence-electron chi connectivity index (χ0n) is 8.81. The molecule has 0 N–H and O–H groups in total. The fraction of sp³-hybridized carbons (Fsp3) is 0.417. The topological polar surface area (TPSA) is 60.5 Å². The zero-order valence-corrected chi connectivity index (χ0v) is 9.63. The standard InChI is InChI=1S/C12H11N3S/c13-6-9-5-12(11(7-14)15-8-9)16-10-3-1-2-4-10/h5,8,10H,1-4H2. The summed E-state index contributed by atoms with van der Waals surface area (Å²) >= 11 is 1.70. The van der Waals surface area contributed by atoms with Crippen molar-refractivity contribution < 1.29 is 0 Å². The Kier molecular flexibility index (Phi) is 3.44. The van der Waals surface area contributed by atoms with E-state index in [4.69, 9.17) is 10.5 Å². The van der Waals surface area contributed by atoms with Gasteiger partial charge in [0.05, 0.1) is 5.56 Å². The van der Waals surface area contributed by atoms with Gasteiger partial charge in [-0.05, 0) is 18.9 Å². The van der Waals surface area contributed by atoms with Crippen LogP contribution in [-0.4, -0.2) is 10.2 Å². The first kappa shape index (κ1) is 11.0. The molecule has 0 bridgehead atoms. The van der Waals surface area contributed by atoms with Gasteiger partial charge in [-0.15, -0.1) is 11.8 Å². The highest BCUT2D eigenvalue weighted by Gasteiger charge is 2.18. The van der Waals surface area contributed by atoms with Gasteiger partial charge in [-0.2, -0.15) is 10.5 Å². The lowest BCUT2D eigenvalue weighted by Gasteiger charge is -2.09. The molecule has 0 unspecified atom stereocenters. The largest absolute Gasteiger partial charge is 0.243 e. The molecule has 1 aliphatic carbocycles. The molecule has 1 heterocycles. The third-order valence-electron chi connectivity index (χ3n) is 2.68. The molecule has 80 valence electrons. The molecule has 1 fully saturated rings. The van der Waals surface area contributed by atoms with Crippen LogP contribution >= 0.6 is 11.8 Å².